The molecule has 1 aromatic carbocycles. The van der Waals surface area contributed by atoms with Crippen molar-refractivity contribution in [3.63, 3.8) is 0 Å². The molecule has 1 N–H and O–H groups in total. The van der Waals surface area contributed by atoms with E-state index in [9.17, 15) is 0 Å². The molecule has 4 rings (SSSR count). The van der Waals surface area contributed by atoms with Crippen molar-refractivity contribution in [2.45, 2.75) is 6.54 Å². The number of fused-ring (bicyclic) bond motifs is 2. The summed E-state index contributed by atoms with van der Waals surface area (Å²) in [5, 5.41) is 15.9. The Morgan fingerprint density at radius 2 is 2.05 bits per heavy atom. The van der Waals surface area contributed by atoms with Gasteiger partial charge in [0.1, 0.15) is 0 Å². The minimum Gasteiger partial charge on any atom is -0.364 e. The first-order valence-electron chi connectivity index (χ1n) is 6.50. The molecule has 0 atom stereocenters. The maximum atomic E-state index is 4.44. The fourth-order valence-corrected chi connectivity index (χ4v) is 2.29. The van der Waals surface area contributed by atoms with E-state index in [0.29, 0.717) is 12.2 Å². The minimum absolute atomic E-state index is 0.607. The second-order valence-corrected chi connectivity index (χ2v) is 4.59. The van der Waals surface area contributed by atoms with E-state index in [2.05, 4.69) is 49.0 Å². The molecule has 0 unspecified atom stereocenters. The van der Waals surface area contributed by atoms with Gasteiger partial charge in [-0.1, -0.05) is 24.3 Å². The number of aromatic nitrogens is 6. The average molecular weight is 277 g/mol. The van der Waals surface area contributed by atoms with Gasteiger partial charge in [-0.2, -0.15) is 4.52 Å². The number of rotatable bonds is 3. The molecule has 7 heteroatoms. The Labute approximate surface area is 119 Å². The van der Waals surface area contributed by atoms with Crippen molar-refractivity contribution >= 4 is 22.4 Å². The first-order valence-corrected chi connectivity index (χ1v) is 6.50. The molecule has 21 heavy (non-hydrogen) atoms. The highest BCUT2D eigenvalue weighted by Gasteiger charge is 2.05. The van der Waals surface area contributed by atoms with Crippen molar-refractivity contribution in [2.75, 3.05) is 5.32 Å². The lowest BCUT2D eigenvalue weighted by molar-refractivity contribution is 0.819. The molecule has 102 valence electrons. The van der Waals surface area contributed by atoms with Crippen LogP contribution in [0.15, 0.2) is 48.9 Å². The maximum absolute atomic E-state index is 4.44. The van der Waals surface area contributed by atoms with Gasteiger partial charge in [-0.3, -0.25) is 9.97 Å². The predicted molar refractivity (Wildman–Crippen MR) is 77.6 cm³/mol. The van der Waals surface area contributed by atoms with Crippen LogP contribution in [0.4, 0.5) is 5.82 Å². The zero-order valence-electron chi connectivity index (χ0n) is 11.0. The first-order chi connectivity index (χ1) is 10.4. The maximum Gasteiger partial charge on any atom is 0.199 e. The smallest absolute Gasteiger partial charge is 0.199 e. The summed E-state index contributed by atoms with van der Waals surface area (Å²) in [5.74, 6) is 0.741. The van der Waals surface area contributed by atoms with Crippen LogP contribution >= 0.6 is 0 Å². The van der Waals surface area contributed by atoms with Crippen molar-refractivity contribution in [3.05, 3.63) is 54.5 Å². The number of nitrogens with one attached hydrogen (secondary N) is 1. The summed E-state index contributed by atoms with van der Waals surface area (Å²) in [7, 11) is 0. The van der Waals surface area contributed by atoms with Crippen molar-refractivity contribution in [1.29, 1.82) is 0 Å². The Balaban J connectivity index is 1.68. The second-order valence-electron chi connectivity index (χ2n) is 4.59. The zero-order valence-corrected chi connectivity index (χ0v) is 11.0. The molecule has 0 bridgehead atoms. The third-order valence-corrected chi connectivity index (χ3v) is 3.28. The lowest BCUT2D eigenvalue weighted by Gasteiger charge is -2.08. The van der Waals surface area contributed by atoms with E-state index in [-0.39, 0.29) is 0 Å². The molecule has 7 nitrogen and oxygen atoms in total. The molecule has 0 aliphatic carbocycles. The monoisotopic (exact) mass is 277 g/mol. The molecule has 3 aromatic heterocycles. The van der Waals surface area contributed by atoms with Crippen molar-refractivity contribution < 1.29 is 0 Å². The SMILES string of the molecule is c1cnc2c(CNc3cncc4nnnn34)cccc2c1. The van der Waals surface area contributed by atoms with E-state index < -0.39 is 0 Å². The fraction of sp³-hybridized carbons (Fsp3) is 0.0714. The fourth-order valence-electron chi connectivity index (χ4n) is 2.29. The van der Waals surface area contributed by atoms with Gasteiger partial charge in [0.25, 0.3) is 0 Å². The lowest BCUT2D eigenvalue weighted by Crippen LogP contribution is -2.06. The number of anilines is 1. The number of para-hydroxylation sites is 1. The van der Waals surface area contributed by atoms with Gasteiger partial charge in [0.15, 0.2) is 11.5 Å². The van der Waals surface area contributed by atoms with Crippen LogP contribution in [0, 0.1) is 0 Å². The molecule has 0 fully saturated rings. The van der Waals surface area contributed by atoms with Crippen molar-refractivity contribution in [3.8, 4) is 0 Å². The Morgan fingerprint density at radius 3 is 3.05 bits per heavy atom. The highest BCUT2D eigenvalue weighted by molar-refractivity contribution is 5.81. The van der Waals surface area contributed by atoms with Gasteiger partial charge >= 0.3 is 0 Å². The molecule has 3 heterocycles. The van der Waals surface area contributed by atoms with E-state index in [4.69, 9.17) is 0 Å². The number of tetrazole rings is 1. The first kappa shape index (κ1) is 11.7. The highest BCUT2D eigenvalue weighted by atomic mass is 15.5. The molecule has 0 saturated heterocycles. The quantitative estimate of drug-likeness (QED) is 0.613. The Hall–Kier alpha value is -3.09. The third-order valence-electron chi connectivity index (χ3n) is 3.28. The van der Waals surface area contributed by atoms with Crippen LogP contribution in [0.5, 0.6) is 0 Å². The van der Waals surface area contributed by atoms with Gasteiger partial charge < -0.3 is 5.32 Å². The number of benzene rings is 1. The number of hydrogen-bond acceptors (Lipinski definition) is 6. The van der Waals surface area contributed by atoms with Crippen LogP contribution < -0.4 is 5.32 Å². The summed E-state index contributed by atoms with van der Waals surface area (Å²) in [6, 6.07) is 10.1. The molecule has 0 amide bonds. The summed E-state index contributed by atoms with van der Waals surface area (Å²) in [6.45, 7) is 0.620. The van der Waals surface area contributed by atoms with Crippen LogP contribution in [0.2, 0.25) is 0 Å². The summed E-state index contributed by atoms with van der Waals surface area (Å²) in [4.78, 5) is 8.56. The molecule has 0 aliphatic rings. The van der Waals surface area contributed by atoms with Crippen molar-refractivity contribution in [1.82, 2.24) is 30.0 Å². The summed E-state index contributed by atoms with van der Waals surface area (Å²) in [5.41, 5.74) is 2.71. The van der Waals surface area contributed by atoms with Gasteiger partial charge in [0.2, 0.25) is 0 Å². The van der Waals surface area contributed by atoms with Crippen LogP contribution in [-0.4, -0.2) is 30.0 Å². The molecule has 0 saturated carbocycles. The topological polar surface area (TPSA) is 80.9 Å². The summed E-state index contributed by atoms with van der Waals surface area (Å²) >= 11 is 0. The summed E-state index contributed by atoms with van der Waals surface area (Å²) in [6.07, 6.45) is 5.11. The van der Waals surface area contributed by atoms with Gasteiger partial charge in [0, 0.05) is 18.1 Å². The van der Waals surface area contributed by atoms with E-state index in [1.165, 1.54) is 0 Å². The second kappa shape index (κ2) is 4.78. The van der Waals surface area contributed by atoms with Gasteiger partial charge in [-0.15, -0.1) is 5.10 Å². The van der Waals surface area contributed by atoms with Crippen LogP contribution in [0.3, 0.4) is 0 Å². The van der Waals surface area contributed by atoms with Crippen LogP contribution in [0.25, 0.3) is 16.6 Å². The third kappa shape index (κ3) is 2.04. The van der Waals surface area contributed by atoms with Crippen LogP contribution in [0.1, 0.15) is 5.56 Å². The Kier molecular flexibility index (Phi) is 2.67. The van der Waals surface area contributed by atoms with E-state index in [1.54, 1.807) is 23.1 Å². The predicted octanol–water partition coefficient (Wildman–Crippen LogP) is 1.68. The molecule has 0 radical (unpaired) electrons. The minimum atomic E-state index is 0.607. The van der Waals surface area contributed by atoms with Crippen molar-refractivity contribution in [2.24, 2.45) is 0 Å². The standard InChI is InChI=1S/C14H11N7/c1-3-10-5-2-6-16-14(10)11(4-1)7-17-12-8-15-9-13-18-19-20-21(12)13/h1-6,8-9,17H,7H2. The molecular formula is C14H11N7. The summed E-state index contributed by atoms with van der Waals surface area (Å²) < 4.78 is 1.62. The highest BCUT2D eigenvalue weighted by Crippen LogP contribution is 2.17. The molecule has 4 aromatic rings. The lowest BCUT2D eigenvalue weighted by atomic mass is 10.1. The Morgan fingerprint density at radius 1 is 1.10 bits per heavy atom. The van der Waals surface area contributed by atoms with E-state index in [1.807, 2.05) is 12.1 Å². The normalized spacial score (nSPS) is 11.0. The molecule has 0 aliphatic heterocycles. The van der Waals surface area contributed by atoms with Gasteiger partial charge in [0.05, 0.1) is 17.9 Å². The number of hydrogen-bond donors (Lipinski definition) is 1. The number of nitrogens with zero attached hydrogens (tertiary/aromatic N) is 6. The van der Waals surface area contributed by atoms with Gasteiger partial charge in [-0.05, 0) is 22.1 Å². The molecular weight excluding hydrogens is 266 g/mol. The number of pyridine rings is 1. The average Bonchev–Trinajstić information content (AvgIpc) is 3.02. The largest absolute Gasteiger partial charge is 0.364 e. The zero-order chi connectivity index (χ0) is 14.1. The van der Waals surface area contributed by atoms with Crippen LogP contribution in [-0.2, 0) is 6.54 Å². The van der Waals surface area contributed by atoms with Gasteiger partial charge in [-0.25, -0.2) is 0 Å². The Bertz CT molecular complexity index is 910. The molecule has 0 spiro atoms. The van der Waals surface area contributed by atoms with E-state index in [0.717, 1.165) is 22.3 Å². The van der Waals surface area contributed by atoms with E-state index >= 15 is 0 Å².